The van der Waals surface area contributed by atoms with E-state index in [0.29, 0.717) is 32.5 Å². The predicted molar refractivity (Wildman–Crippen MR) is 106 cm³/mol. The minimum absolute atomic E-state index is 0.164. The molecule has 0 aromatic heterocycles. The average Bonchev–Trinajstić information content (AvgIpc) is 2.73. The Morgan fingerprint density at radius 3 is 1.96 bits per heavy atom. The van der Waals surface area contributed by atoms with Gasteiger partial charge in [-0.1, -0.05) is 60.7 Å². The highest BCUT2D eigenvalue weighted by atomic mass is 16.5. The molecule has 2 N–H and O–H groups in total. The first-order valence-electron chi connectivity index (χ1n) is 9.26. The summed E-state index contributed by atoms with van der Waals surface area (Å²) in [6.07, 6.45) is 5.46. The molecule has 4 heteroatoms. The van der Waals surface area contributed by atoms with E-state index >= 15 is 0 Å². The van der Waals surface area contributed by atoms with Crippen LogP contribution in [0.5, 0.6) is 0 Å². The van der Waals surface area contributed by atoms with Crippen LogP contribution in [0.2, 0.25) is 0 Å². The van der Waals surface area contributed by atoms with Crippen LogP contribution in [0.1, 0.15) is 30.4 Å². The van der Waals surface area contributed by atoms with Gasteiger partial charge >= 0.3 is 0 Å². The van der Waals surface area contributed by atoms with Crippen molar-refractivity contribution in [2.45, 2.75) is 50.8 Å². The lowest BCUT2D eigenvalue weighted by Crippen LogP contribution is -2.36. The maximum atomic E-state index is 10.2. The number of terminal acetylenes is 1. The quantitative estimate of drug-likeness (QED) is 0.564. The molecule has 144 valence electrons. The monoisotopic (exact) mass is 368 g/mol. The van der Waals surface area contributed by atoms with Crippen LogP contribution in [-0.4, -0.2) is 35.1 Å². The van der Waals surface area contributed by atoms with Crippen molar-refractivity contribution in [3.63, 3.8) is 0 Å². The summed E-state index contributed by atoms with van der Waals surface area (Å²) in [4.78, 5) is 0. The van der Waals surface area contributed by atoms with Gasteiger partial charge in [0.15, 0.2) is 0 Å². The topological polar surface area (TPSA) is 58.9 Å². The van der Waals surface area contributed by atoms with Crippen LogP contribution < -0.4 is 0 Å². The highest BCUT2D eigenvalue weighted by Gasteiger charge is 2.24. The Morgan fingerprint density at radius 2 is 1.44 bits per heavy atom. The van der Waals surface area contributed by atoms with Gasteiger partial charge in [0.05, 0.1) is 32.0 Å². The second kappa shape index (κ2) is 12.3. The lowest BCUT2D eigenvalue weighted by molar-refractivity contribution is -0.0944. The zero-order valence-corrected chi connectivity index (χ0v) is 15.5. The Hall–Kier alpha value is -2.16. The van der Waals surface area contributed by atoms with Crippen molar-refractivity contribution in [3.8, 4) is 12.3 Å². The molecule has 0 aliphatic rings. The Labute approximate surface area is 161 Å². The van der Waals surface area contributed by atoms with Gasteiger partial charge in [0, 0.05) is 12.8 Å². The molecule has 27 heavy (non-hydrogen) atoms. The summed E-state index contributed by atoms with van der Waals surface area (Å²) >= 11 is 0. The fourth-order valence-corrected chi connectivity index (χ4v) is 2.79. The molecule has 0 saturated carbocycles. The standard InChI is InChI=1S/C23H28O4/c1-2-3-14-21(26-17-19-10-6-4-7-11-19)15-23(22(25)16-24)27-18-20-12-8-5-9-13-20/h1,4-13,21-25H,3,14-18H2/t21-,22-,23+/m1/s1. The second-order valence-corrected chi connectivity index (χ2v) is 6.48. The van der Waals surface area contributed by atoms with Crippen molar-refractivity contribution in [3.05, 3.63) is 71.8 Å². The van der Waals surface area contributed by atoms with Gasteiger partial charge in [-0.3, -0.25) is 0 Å². The minimum Gasteiger partial charge on any atom is -0.394 e. The summed E-state index contributed by atoms with van der Waals surface area (Å²) in [5.74, 6) is 2.64. The summed E-state index contributed by atoms with van der Waals surface area (Å²) in [5.41, 5.74) is 2.09. The van der Waals surface area contributed by atoms with Crippen molar-refractivity contribution in [1.29, 1.82) is 0 Å². The van der Waals surface area contributed by atoms with Gasteiger partial charge in [0.2, 0.25) is 0 Å². The van der Waals surface area contributed by atoms with Crippen molar-refractivity contribution >= 4 is 0 Å². The van der Waals surface area contributed by atoms with E-state index in [9.17, 15) is 10.2 Å². The number of aliphatic hydroxyl groups excluding tert-OH is 2. The fourth-order valence-electron chi connectivity index (χ4n) is 2.79. The number of aliphatic hydroxyl groups is 2. The van der Waals surface area contributed by atoms with Crippen LogP contribution in [0, 0.1) is 12.3 Å². The molecule has 3 atom stereocenters. The molecule has 0 fully saturated rings. The van der Waals surface area contributed by atoms with Crippen LogP contribution in [0.4, 0.5) is 0 Å². The molecule has 0 aliphatic carbocycles. The van der Waals surface area contributed by atoms with Gasteiger partial charge in [-0.25, -0.2) is 0 Å². The molecule has 2 aromatic rings. The average molecular weight is 368 g/mol. The van der Waals surface area contributed by atoms with Gasteiger partial charge in [0.1, 0.15) is 6.10 Å². The first kappa shape index (κ1) is 21.1. The van der Waals surface area contributed by atoms with E-state index < -0.39 is 12.2 Å². The first-order valence-corrected chi connectivity index (χ1v) is 9.26. The molecule has 0 aliphatic heterocycles. The molecule has 0 unspecified atom stereocenters. The zero-order valence-electron chi connectivity index (χ0n) is 15.5. The minimum atomic E-state index is -0.970. The van der Waals surface area contributed by atoms with Crippen LogP contribution in [0.15, 0.2) is 60.7 Å². The third kappa shape index (κ3) is 7.94. The summed E-state index contributed by atoms with van der Waals surface area (Å²) < 4.78 is 11.9. The number of rotatable bonds is 12. The molecule has 0 spiro atoms. The highest BCUT2D eigenvalue weighted by molar-refractivity contribution is 5.14. The third-order valence-electron chi connectivity index (χ3n) is 4.36. The first-order chi connectivity index (χ1) is 13.2. The van der Waals surface area contributed by atoms with Gasteiger partial charge in [-0.2, -0.15) is 0 Å². The van der Waals surface area contributed by atoms with Crippen LogP contribution in [0.3, 0.4) is 0 Å². The summed E-state index contributed by atoms with van der Waals surface area (Å²) in [6.45, 7) is 0.472. The van der Waals surface area contributed by atoms with Crippen LogP contribution in [0.25, 0.3) is 0 Å². The van der Waals surface area contributed by atoms with Gasteiger partial charge in [-0.05, 0) is 17.5 Å². The fraction of sp³-hybridized carbons (Fsp3) is 0.391. The van der Waals surface area contributed by atoms with Crippen LogP contribution >= 0.6 is 0 Å². The summed E-state index contributed by atoms with van der Waals surface area (Å²) in [7, 11) is 0. The SMILES string of the molecule is C#CCC[C@H](C[C@H](OCc1ccccc1)[C@H](O)CO)OCc1ccccc1. The van der Waals surface area contributed by atoms with E-state index in [2.05, 4.69) is 5.92 Å². The van der Waals surface area contributed by atoms with Gasteiger partial charge in [-0.15, -0.1) is 12.3 Å². The van der Waals surface area contributed by atoms with E-state index in [1.165, 1.54) is 0 Å². The zero-order chi connectivity index (χ0) is 19.3. The van der Waals surface area contributed by atoms with E-state index in [0.717, 1.165) is 11.1 Å². The Kier molecular flexibility index (Phi) is 9.61. The van der Waals surface area contributed by atoms with Gasteiger partial charge < -0.3 is 19.7 Å². The number of benzene rings is 2. The normalized spacial score (nSPS) is 14.3. The summed E-state index contributed by atoms with van der Waals surface area (Å²) in [5, 5.41) is 19.6. The molecule has 0 radical (unpaired) electrons. The summed E-state index contributed by atoms with van der Waals surface area (Å²) in [6, 6.07) is 19.7. The van der Waals surface area contributed by atoms with E-state index in [4.69, 9.17) is 15.9 Å². The lowest BCUT2D eigenvalue weighted by atomic mass is 10.0. The van der Waals surface area contributed by atoms with Gasteiger partial charge in [0.25, 0.3) is 0 Å². The van der Waals surface area contributed by atoms with E-state index in [-0.39, 0.29) is 12.7 Å². The van der Waals surface area contributed by atoms with Crippen molar-refractivity contribution < 1.29 is 19.7 Å². The third-order valence-corrected chi connectivity index (χ3v) is 4.36. The van der Waals surface area contributed by atoms with Crippen molar-refractivity contribution in [1.82, 2.24) is 0 Å². The van der Waals surface area contributed by atoms with Crippen LogP contribution in [-0.2, 0) is 22.7 Å². The lowest BCUT2D eigenvalue weighted by Gasteiger charge is -2.27. The Morgan fingerprint density at radius 1 is 0.889 bits per heavy atom. The molecule has 0 saturated heterocycles. The number of hydrogen-bond acceptors (Lipinski definition) is 4. The maximum Gasteiger partial charge on any atom is 0.103 e. The predicted octanol–water partition coefficient (Wildman–Crippen LogP) is 3.31. The number of hydrogen-bond donors (Lipinski definition) is 2. The second-order valence-electron chi connectivity index (χ2n) is 6.48. The molecule has 2 aromatic carbocycles. The Bertz CT molecular complexity index is 666. The molecular formula is C23H28O4. The molecule has 0 bridgehead atoms. The molecule has 4 nitrogen and oxygen atoms in total. The molecule has 0 heterocycles. The Balaban J connectivity index is 1.96. The maximum absolute atomic E-state index is 10.2. The molecule has 2 rings (SSSR count). The molecule has 0 amide bonds. The smallest absolute Gasteiger partial charge is 0.103 e. The molecular weight excluding hydrogens is 340 g/mol. The number of ether oxygens (including phenoxy) is 2. The van der Waals surface area contributed by atoms with Crippen molar-refractivity contribution in [2.24, 2.45) is 0 Å². The van der Waals surface area contributed by atoms with Crippen molar-refractivity contribution in [2.75, 3.05) is 6.61 Å². The van der Waals surface area contributed by atoms with E-state index in [1.807, 2.05) is 60.7 Å². The largest absolute Gasteiger partial charge is 0.394 e. The van der Waals surface area contributed by atoms with E-state index in [1.54, 1.807) is 0 Å². The highest BCUT2D eigenvalue weighted by Crippen LogP contribution is 2.18.